The number of aliphatic hydroxyl groups is 1. The van der Waals surface area contributed by atoms with Crippen molar-refractivity contribution in [1.29, 1.82) is 0 Å². The maximum atomic E-state index is 13.9. The van der Waals surface area contributed by atoms with Gasteiger partial charge in [-0.05, 0) is 0 Å². The Morgan fingerprint density at radius 3 is 2.05 bits per heavy atom. The molecular formula is C12H17FO8. The van der Waals surface area contributed by atoms with Gasteiger partial charge in [-0.1, -0.05) is 0 Å². The SMILES string of the molecule is CC(=O)OCC1OC(O)C(F)C(OC(C)=O)C1OC(C)=O. The number of esters is 3. The summed E-state index contributed by atoms with van der Waals surface area (Å²) in [5, 5.41) is 9.48. The Morgan fingerprint density at radius 1 is 1.05 bits per heavy atom. The monoisotopic (exact) mass is 308 g/mol. The molecule has 0 spiro atoms. The third-order valence-corrected chi connectivity index (χ3v) is 2.65. The van der Waals surface area contributed by atoms with Gasteiger partial charge in [-0.15, -0.1) is 0 Å². The molecule has 21 heavy (non-hydrogen) atoms. The van der Waals surface area contributed by atoms with E-state index in [0.29, 0.717) is 0 Å². The van der Waals surface area contributed by atoms with Crippen LogP contribution >= 0.6 is 0 Å². The zero-order chi connectivity index (χ0) is 16.2. The molecule has 5 atom stereocenters. The number of hydrogen-bond acceptors (Lipinski definition) is 8. The molecule has 0 aromatic carbocycles. The first-order chi connectivity index (χ1) is 9.72. The van der Waals surface area contributed by atoms with Crippen molar-refractivity contribution in [2.24, 2.45) is 0 Å². The second-order valence-electron chi connectivity index (χ2n) is 4.46. The third-order valence-electron chi connectivity index (χ3n) is 2.65. The second kappa shape index (κ2) is 7.32. The molecule has 0 amide bonds. The van der Waals surface area contributed by atoms with Gasteiger partial charge in [0.05, 0.1) is 0 Å². The van der Waals surface area contributed by atoms with Crippen LogP contribution in [0.5, 0.6) is 0 Å². The fourth-order valence-electron chi connectivity index (χ4n) is 1.88. The van der Waals surface area contributed by atoms with Crippen LogP contribution in [0.4, 0.5) is 4.39 Å². The van der Waals surface area contributed by atoms with E-state index >= 15 is 0 Å². The molecule has 120 valence electrons. The van der Waals surface area contributed by atoms with Crippen LogP contribution in [0.1, 0.15) is 20.8 Å². The van der Waals surface area contributed by atoms with Crippen LogP contribution in [0.2, 0.25) is 0 Å². The van der Waals surface area contributed by atoms with E-state index in [9.17, 15) is 23.9 Å². The van der Waals surface area contributed by atoms with Gasteiger partial charge in [-0.25, -0.2) is 4.39 Å². The van der Waals surface area contributed by atoms with Crippen molar-refractivity contribution in [2.75, 3.05) is 6.61 Å². The minimum atomic E-state index is -2.10. The van der Waals surface area contributed by atoms with E-state index < -0.39 is 55.3 Å². The smallest absolute Gasteiger partial charge is 0.303 e. The first-order valence-corrected chi connectivity index (χ1v) is 6.17. The van der Waals surface area contributed by atoms with Gasteiger partial charge >= 0.3 is 17.9 Å². The molecule has 0 bridgehead atoms. The highest BCUT2D eigenvalue weighted by Gasteiger charge is 2.50. The van der Waals surface area contributed by atoms with Gasteiger partial charge in [0, 0.05) is 20.8 Å². The van der Waals surface area contributed by atoms with E-state index in [1.54, 1.807) is 0 Å². The van der Waals surface area contributed by atoms with Gasteiger partial charge in [0.1, 0.15) is 12.7 Å². The molecule has 1 fully saturated rings. The maximum absolute atomic E-state index is 13.9. The number of rotatable bonds is 4. The van der Waals surface area contributed by atoms with Crippen LogP contribution in [-0.2, 0) is 33.3 Å². The van der Waals surface area contributed by atoms with Crippen molar-refractivity contribution in [2.45, 2.75) is 51.5 Å². The summed E-state index contributed by atoms with van der Waals surface area (Å²) in [6.07, 6.45) is -8.07. The molecule has 0 aromatic heterocycles. The largest absolute Gasteiger partial charge is 0.463 e. The van der Waals surface area contributed by atoms with Gasteiger partial charge in [-0.3, -0.25) is 14.4 Å². The number of hydrogen-bond donors (Lipinski definition) is 1. The first-order valence-electron chi connectivity index (χ1n) is 6.17. The summed E-state index contributed by atoms with van der Waals surface area (Å²) in [7, 11) is 0. The van der Waals surface area contributed by atoms with Crippen molar-refractivity contribution in [3.8, 4) is 0 Å². The summed E-state index contributed by atoms with van der Waals surface area (Å²) in [4.78, 5) is 32.9. The molecule has 0 radical (unpaired) electrons. The number of ether oxygens (including phenoxy) is 4. The molecule has 1 saturated heterocycles. The highest BCUT2D eigenvalue weighted by Crippen LogP contribution is 2.27. The molecule has 1 aliphatic rings. The molecule has 1 aliphatic heterocycles. The molecule has 0 aliphatic carbocycles. The van der Waals surface area contributed by atoms with Crippen molar-refractivity contribution in [3.05, 3.63) is 0 Å². The number of aliphatic hydroxyl groups excluding tert-OH is 1. The molecule has 5 unspecified atom stereocenters. The van der Waals surface area contributed by atoms with Gasteiger partial charge in [0.2, 0.25) is 0 Å². The number of halogens is 1. The van der Waals surface area contributed by atoms with Crippen LogP contribution in [0, 0.1) is 0 Å². The molecule has 0 aromatic rings. The average Bonchev–Trinajstić information content (AvgIpc) is 2.35. The minimum Gasteiger partial charge on any atom is -0.463 e. The summed E-state index contributed by atoms with van der Waals surface area (Å²) in [6.45, 7) is 2.86. The normalized spacial score (nSPS) is 32.1. The maximum Gasteiger partial charge on any atom is 0.303 e. The van der Waals surface area contributed by atoms with Gasteiger partial charge in [-0.2, -0.15) is 0 Å². The molecule has 1 heterocycles. The van der Waals surface area contributed by atoms with E-state index in [-0.39, 0.29) is 0 Å². The van der Waals surface area contributed by atoms with Crippen molar-refractivity contribution in [1.82, 2.24) is 0 Å². The highest BCUT2D eigenvalue weighted by atomic mass is 19.1. The summed E-state index contributed by atoms with van der Waals surface area (Å²) in [5.41, 5.74) is 0. The first kappa shape index (κ1) is 17.3. The van der Waals surface area contributed by atoms with Crippen LogP contribution in [0.3, 0.4) is 0 Å². The lowest BCUT2D eigenvalue weighted by Gasteiger charge is -2.40. The van der Waals surface area contributed by atoms with Crippen LogP contribution in [0.15, 0.2) is 0 Å². The predicted molar refractivity (Wildman–Crippen MR) is 63.5 cm³/mol. The van der Waals surface area contributed by atoms with E-state index in [0.717, 1.165) is 20.8 Å². The molecule has 1 rings (SSSR count). The van der Waals surface area contributed by atoms with E-state index in [1.165, 1.54) is 0 Å². The number of carbonyl (C=O) groups excluding carboxylic acids is 3. The lowest BCUT2D eigenvalue weighted by atomic mass is 9.99. The summed E-state index contributed by atoms with van der Waals surface area (Å²) in [5.74, 6) is -2.22. The van der Waals surface area contributed by atoms with E-state index in [1.807, 2.05) is 0 Å². The Balaban J connectivity index is 2.94. The van der Waals surface area contributed by atoms with Crippen LogP contribution in [0.25, 0.3) is 0 Å². The Labute approximate surface area is 120 Å². The Bertz CT molecular complexity index is 412. The van der Waals surface area contributed by atoms with Gasteiger partial charge in [0.25, 0.3) is 0 Å². The number of alkyl halides is 1. The van der Waals surface area contributed by atoms with E-state index in [4.69, 9.17) is 18.9 Å². The predicted octanol–water partition coefficient (Wildman–Crippen LogP) is -0.532. The molecule has 8 nitrogen and oxygen atoms in total. The van der Waals surface area contributed by atoms with Gasteiger partial charge in [0.15, 0.2) is 24.7 Å². The Kier molecular flexibility index (Phi) is 6.03. The lowest BCUT2D eigenvalue weighted by Crippen LogP contribution is -2.59. The summed E-state index contributed by atoms with van der Waals surface area (Å²) in [6, 6.07) is 0. The molecule has 9 heteroatoms. The highest BCUT2D eigenvalue weighted by molar-refractivity contribution is 5.67. The lowest BCUT2D eigenvalue weighted by molar-refractivity contribution is -0.279. The average molecular weight is 308 g/mol. The van der Waals surface area contributed by atoms with E-state index in [2.05, 4.69) is 0 Å². The summed E-state index contributed by atoms with van der Waals surface area (Å²) >= 11 is 0. The summed E-state index contributed by atoms with van der Waals surface area (Å²) < 4.78 is 33.2. The standard InChI is InChI=1S/C12H17FO8/c1-5(14)18-4-8-10(19-6(2)15)11(20-7(3)16)9(13)12(17)21-8/h8-12,17H,4H2,1-3H3. The Morgan fingerprint density at radius 2 is 1.57 bits per heavy atom. The Hall–Kier alpha value is -1.74. The quantitative estimate of drug-likeness (QED) is 0.545. The second-order valence-corrected chi connectivity index (χ2v) is 4.46. The fourth-order valence-corrected chi connectivity index (χ4v) is 1.88. The molecule has 1 N–H and O–H groups in total. The number of carbonyl (C=O) groups is 3. The topological polar surface area (TPSA) is 108 Å². The minimum absolute atomic E-state index is 0.394. The zero-order valence-corrected chi connectivity index (χ0v) is 11.8. The van der Waals surface area contributed by atoms with Crippen LogP contribution in [-0.4, -0.2) is 60.4 Å². The van der Waals surface area contributed by atoms with Crippen LogP contribution < -0.4 is 0 Å². The van der Waals surface area contributed by atoms with Gasteiger partial charge < -0.3 is 24.1 Å². The third kappa shape index (κ3) is 4.94. The van der Waals surface area contributed by atoms with Crippen molar-refractivity contribution >= 4 is 17.9 Å². The zero-order valence-electron chi connectivity index (χ0n) is 11.8. The fraction of sp³-hybridized carbons (Fsp3) is 0.750. The molecule has 0 saturated carbocycles. The van der Waals surface area contributed by atoms with Crippen molar-refractivity contribution < 1.29 is 42.8 Å². The van der Waals surface area contributed by atoms with Crippen molar-refractivity contribution in [3.63, 3.8) is 0 Å². The molecular weight excluding hydrogens is 291 g/mol.